The van der Waals surface area contributed by atoms with E-state index >= 15 is 0 Å². The van der Waals surface area contributed by atoms with Crippen molar-refractivity contribution in [1.82, 2.24) is 5.32 Å². The lowest BCUT2D eigenvalue weighted by atomic mass is 10.1. The Balaban J connectivity index is 1.91. The van der Waals surface area contributed by atoms with Crippen molar-refractivity contribution in [1.29, 1.82) is 0 Å². The topological polar surface area (TPSA) is 41.1 Å². The minimum atomic E-state index is 0.00195. The van der Waals surface area contributed by atoms with Gasteiger partial charge in [0.2, 0.25) is 0 Å². The molecule has 4 heteroatoms. The highest BCUT2D eigenvalue weighted by Crippen LogP contribution is 2.15. The van der Waals surface area contributed by atoms with Gasteiger partial charge in [0, 0.05) is 29.2 Å². The van der Waals surface area contributed by atoms with Gasteiger partial charge in [-0.05, 0) is 55.5 Å². The summed E-state index contributed by atoms with van der Waals surface area (Å²) in [5.41, 5.74) is 2.80. The lowest BCUT2D eigenvalue weighted by Crippen LogP contribution is -2.26. The van der Waals surface area contributed by atoms with Crippen LogP contribution >= 0.6 is 11.3 Å². The van der Waals surface area contributed by atoms with Crippen molar-refractivity contribution < 1.29 is 4.79 Å². The van der Waals surface area contributed by atoms with Crippen molar-refractivity contribution in [3.63, 3.8) is 0 Å². The predicted molar refractivity (Wildman–Crippen MR) is 85.7 cm³/mol. The third-order valence-corrected chi connectivity index (χ3v) is 4.03. The fourth-order valence-electron chi connectivity index (χ4n) is 2.08. The van der Waals surface area contributed by atoms with Crippen molar-refractivity contribution in [2.75, 3.05) is 18.4 Å². The van der Waals surface area contributed by atoms with Crippen LogP contribution in [0.1, 0.15) is 27.7 Å². The number of benzene rings is 1. The van der Waals surface area contributed by atoms with Crippen LogP contribution in [0.15, 0.2) is 35.7 Å². The molecule has 1 aromatic carbocycles. The lowest BCUT2D eigenvalue weighted by Gasteiger charge is -2.10. The molecule has 20 heavy (non-hydrogen) atoms. The molecule has 0 aliphatic heterocycles. The standard InChI is InChI=1S/C16H20N2OS/c1-3-17-13-6-7-15(12(2)11-13)16(19)18-9-8-14-5-4-10-20-14/h4-7,10-11,17H,3,8-9H2,1-2H3,(H,18,19). The lowest BCUT2D eigenvalue weighted by molar-refractivity contribution is 0.0953. The summed E-state index contributed by atoms with van der Waals surface area (Å²) in [7, 11) is 0. The van der Waals surface area contributed by atoms with Gasteiger partial charge in [-0.1, -0.05) is 6.07 Å². The fourth-order valence-corrected chi connectivity index (χ4v) is 2.79. The summed E-state index contributed by atoms with van der Waals surface area (Å²) in [5.74, 6) is 0.00195. The van der Waals surface area contributed by atoms with Crippen LogP contribution in [0.4, 0.5) is 5.69 Å². The van der Waals surface area contributed by atoms with E-state index in [1.807, 2.05) is 31.2 Å². The molecule has 1 heterocycles. The molecule has 0 saturated heterocycles. The van der Waals surface area contributed by atoms with Crippen LogP contribution < -0.4 is 10.6 Å². The van der Waals surface area contributed by atoms with Crippen molar-refractivity contribution in [2.24, 2.45) is 0 Å². The van der Waals surface area contributed by atoms with E-state index in [1.165, 1.54) is 4.88 Å². The van der Waals surface area contributed by atoms with Gasteiger partial charge in [-0.2, -0.15) is 0 Å². The van der Waals surface area contributed by atoms with Crippen LogP contribution in [-0.2, 0) is 6.42 Å². The molecule has 106 valence electrons. The number of aryl methyl sites for hydroxylation is 1. The average Bonchev–Trinajstić information content (AvgIpc) is 2.92. The SMILES string of the molecule is CCNc1ccc(C(=O)NCCc2cccs2)c(C)c1. The van der Waals surface area contributed by atoms with Crippen LogP contribution in [-0.4, -0.2) is 19.0 Å². The molecule has 0 aliphatic carbocycles. The summed E-state index contributed by atoms with van der Waals surface area (Å²) in [6, 6.07) is 9.97. The molecule has 0 bridgehead atoms. The van der Waals surface area contributed by atoms with Crippen molar-refractivity contribution in [3.8, 4) is 0 Å². The monoisotopic (exact) mass is 288 g/mol. The number of rotatable bonds is 6. The number of carbonyl (C=O) groups excluding carboxylic acids is 1. The van der Waals surface area contributed by atoms with E-state index in [-0.39, 0.29) is 5.91 Å². The van der Waals surface area contributed by atoms with Gasteiger partial charge in [-0.25, -0.2) is 0 Å². The maximum atomic E-state index is 12.1. The first-order valence-corrected chi connectivity index (χ1v) is 7.73. The molecule has 0 spiro atoms. The van der Waals surface area contributed by atoms with E-state index in [0.717, 1.165) is 29.8 Å². The number of anilines is 1. The van der Waals surface area contributed by atoms with Gasteiger partial charge in [0.1, 0.15) is 0 Å². The zero-order chi connectivity index (χ0) is 14.4. The van der Waals surface area contributed by atoms with Crippen LogP contribution in [0.25, 0.3) is 0 Å². The molecule has 0 unspecified atom stereocenters. The van der Waals surface area contributed by atoms with Gasteiger partial charge in [0.05, 0.1) is 0 Å². The second kappa shape index (κ2) is 7.10. The van der Waals surface area contributed by atoms with Gasteiger partial charge in [-0.3, -0.25) is 4.79 Å². The molecule has 1 aromatic heterocycles. The van der Waals surface area contributed by atoms with E-state index < -0.39 is 0 Å². The first-order valence-electron chi connectivity index (χ1n) is 6.86. The van der Waals surface area contributed by atoms with Gasteiger partial charge in [0.15, 0.2) is 0 Å². The smallest absolute Gasteiger partial charge is 0.251 e. The molecule has 0 saturated carbocycles. The molecule has 2 N–H and O–H groups in total. The Hall–Kier alpha value is -1.81. The van der Waals surface area contributed by atoms with Crippen LogP contribution in [0.5, 0.6) is 0 Å². The Morgan fingerprint density at radius 3 is 2.80 bits per heavy atom. The van der Waals surface area contributed by atoms with E-state index in [4.69, 9.17) is 0 Å². The molecule has 0 atom stereocenters. The van der Waals surface area contributed by atoms with Gasteiger partial charge >= 0.3 is 0 Å². The summed E-state index contributed by atoms with van der Waals surface area (Å²) < 4.78 is 0. The number of hydrogen-bond donors (Lipinski definition) is 2. The van der Waals surface area contributed by atoms with Gasteiger partial charge in [-0.15, -0.1) is 11.3 Å². The number of hydrogen-bond acceptors (Lipinski definition) is 3. The molecular formula is C16H20N2OS. The third kappa shape index (κ3) is 3.84. The van der Waals surface area contributed by atoms with Crippen molar-refractivity contribution >= 4 is 22.9 Å². The minimum Gasteiger partial charge on any atom is -0.385 e. The van der Waals surface area contributed by atoms with E-state index in [2.05, 4.69) is 29.0 Å². The third-order valence-electron chi connectivity index (χ3n) is 3.09. The highest BCUT2D eigenvalue weighted by molar-refractivity contribution is 7.09. The van der Waals surface area contributed by atoms with E-state index in [1.54, 1.807) is 11.3 Å². The molecule has 0 radical (unpaired) electrons. The van der Waals surface area contributed by atoms with Crippen molar-refractivity contribution in [2.45, 2.75) is 20.3 Å². The number of nitrogens with one attached hydrogen (secondary N) is 2. The summed E-state index contributed by atoms with van der Waals surface area (Å²) in [6.45, 7) is 5.58. The highest BCUT2D eigenvalue weighted by Gasteiger charge is 2.08. The maximum absolute atomic E-state index is 12.1. The zero-order valence-electron chi connectivity index (χ0n) is 11.9. The quantitative estimate of drug-likeness (QED) is 0.854. The fraction of sp³-hybridized carbons (Fsp3) is 0.312. The average molecular weight is 288 g/mol. The second-order valence-corrected chi connectivity index (χ2v) is 5.68. The molecular weight excluding hydrogens is 268 g/mol. The Morgan fingerprint density at radius 1 is 1.30 bits per heavy atom. The maximum Gasteiger partial charge on any atom is 0.251 e. The normalized spacial score (nSPS) is 10.3. The summed E-state index contributed by atoms with van der Waals surface area (Å²) in [4.78, 5) is 13.4. The van der Waals surface area contributed by atoms with Crippen LogP contribution in [0.3, 0.4) is 0 Å². The first-order chi connectivity index (χ1) is 9.70. The van der Waals surface area contributed by atoms with Gasteiger partial charge < -0.3 is 10.6 Å². The summed E-state index contributed by atoms with van der Waals surface area (Å²) in [5, 5.41) is 8.28. The molecule has 2 aromatic rings. The van der Waals surface area contributed by atoms with Crippen LogP contribution in [0.2, 0.25) is 0 Å². The molecule has 1 amide bonds. The number of thiophene rings is 1. The van der Waals surface area contributed by atoms with Gasteiger partial charge in [0.25, 0.3) is 5.91 Å². The second-order valence-electron chi connectivity index (χ2n) is 4.65. The number of carbonyl (C=O) groups is 1. The molecule has 2 rings (SSSR count). The molecule has 0 aliphatic rings. The van der Waals surface area contributed by atoms with E-state index in [9.17, 15) is 4.79 Å². The van der Waals surface area contributed by atoms with Crippen LogP contribution in [0, 0.1) is 6.92 Å². The summed E-state index contributed by atoms with van der Waals surface area (Å²) in [6.07, 6.45) is 0.887. The first kappa shape index (κ1) is 14.6. The molecule has 3 nitrogen and oxygen atoms in total. The summed E-state index contributed by atoms with van der Waals surface area (Å²) >= 11 is 1.72. The predicted octanol–water partition coefficient (Wildman–Crippen LogP) is 3.46. The Morgan fingerprint density at radius 2 is 2.15 bits per heavy atom. The Labute approximate surface area is 124 Å². The van der Waals surface area contributed by atoms with Crippen molar-refractivity contribution in [3.05, 3.63) is 51.7 Å². The largest absolute Gasteiger partial charge is 0.385 e. The zero-order valence-corrected chi connectivity index (χ0v) is 12.7. The highest BCUT2D eigenvalue weighted by atomic mass is 32.1. The Bertz CT molecular complexity index is 564. The Kier molecular flexibility index (Phi) is 5.18. The van der Waals surface area contributed by atoms with E-state index in [0.29, 0.717) is 6.54 Å². The minimum absolute atomic E-state index is 0.00195. The number of amides is 1. The molecule has 0 fully saturated rings.